The van der Waals surface area contributed by atoms with E-state index in [0.29, 0.717) is 22.6 Å². The minimum Gasteiger partial charge on any atom is -0.546 e. The van der Waals surface area contributed by atoms with Crippen molar-refractivity contribution in [2.45, 2.75) is 32.6 Å². The normalized spacial score (nSPS) is 11.2. The highest BCUT2D eigenvalue weighted by Crippen LogP contribution is 2.28. The first-order valence-electron chi connectivity index (χ1n) is 7.64. The Balaban J connectivity index is 2.29. The Morgan fingerprint density at radius 1 is 1.04 bits per heavy atom. The van der Waals surface area contributed by atoms with Gasteiger partial charge in [-0.05, 0) is 74.2 Å². The van der Waals surface area contributed by atoms with Crippen LogP contribution in [0.3, 0.4) is 0 Å². The van der Waals surface area contributed by atoms with Crippen LogP contribution in [0, 0.1) is 27.7 Å². The molecule has 2 rings (SSSR count). The molecule has 0 radical (unpaired) electrons. The van der Waals surface area contributed by atoms with E-state index in [-0.39, 0.29) is 4.90 Å². The summed E-state index contributed by atoms with van der Waals surface area (Å²) in [5, 5.41) is 10.4. The van der Waals surface area contributed by atoms with Gasteiger partial charge >= 0.3 is 0 Å². The zero-order valence-corrected chi connectivity index (χ0v) is 15.4. The molecule has 0 amide bonds. The fourth-order valence-corrected chi connectivity index (χ4v) is 4.23. The van der Waals surface area contributed by atoms with Gasteiger partial charge in [-0.2, -0.15) is 0 Å². The molecule has 0 spiro atoms. The number of sulfonamides is 1. The van der Waals surface area contributed by atoms with Crippen LogP contribution in [-0.4, -0.2) is 21.0 Å². The maximum absolute atomic E-state index is 12.8. The van der Waals surface area contributed by atoms with Crippen molar-refractivity contribution in [1.82, 2.24) is 0 Å². The van der Waals surface area contributed by atoms with Crippen LogP contribution in [0.4, 0.5) is 5.69 Å². The minimum atomic E-state index is -3.75. The fourth-order valence-electron chi connectivity index (χ4n) is 2.55. The lowest BCUT2D eigenvalue weighted by Crippen LogP contribution is -2.28. The highest BCUT2D eigenvalue weighted by Gasteiger charge is 2.22. The first-order valence-corrected chi connectivity index (χ1v) is 9.13. The highest BCUT2D eigenvalue weighted by atomic mass is 32.2. The smallest absolute Gasteiger partial charge is 0.262 e. The van der Waals surface area contributed by atoms with Crippen molar-refractivity contribution in [3.8, 4) is 5.75 Å². The number of carbonyl (C=O) groups excluding carboxylic acids is 1. The van der Waals surface area contributed by atoms with Gasteiger partial charge < -0.3 is 14.6 Å². The van der Waals surface area contributed by atoms with Crippen molar-refractivity contribution < 1.29 is 23.1 Å². The summed E-state index contributed by atoms with van der Waals surface area (Å²) in [6, 6.07) is 7.96. The molecule has 1 N–H and O–H groups in total. The van der Waals surface area contributed by atoms with E-state index in [0.717, 1.165) is 11.1 Å². The predicted octanol–water partition coefficient (Wildman–Crippen LogP) is 1.85. The lowest BCUT2D eigenvalue weighted by Gasteiger charge is -2.17. The maximum Gasteiger partial charge on any atom is 0.262 e. The van der Waals surface area contributed by atoms with Crippen molar-refractivity contribution in [2.24, 2.45) is 0 Å². The summed E-state index contributed by atoms with van der Waals surface area (Å²) in [5.41, 5.74) is 3.61. The monoisotopic (exact) mass is 362 g/mol. The number of carboxylic acid groups (broad SMARTS) is 1. The molecule has 0 aliphatic heterocycles. The van der Waals surface area contributed by atoms with E-state index in [2.05, 4.69) is 4.72 Å². The summed E-state index contributed by atoms with van der Waals surface area (Å²) >= 11 is 0. The molecule has 0 fully saturated rings. The predicted molar refractivity (Wildman–Crippen MR) is 93.1 cm³/mol. The Bertz CT molecular complexity index is 876. The maximum atomic E-state index is 12.8. The van der Waals surface area contributed by atoms with Crippen LogP contribution < -0.4 is 14.6 Å². The molecule has 25 heavy (non-hydrogen) atoms. The number of anilines is 1. The van der Waals surface area contributed by atoms with Gasteiger partial charge in [-0.25, -0.2) is 8.42 Å². The van der Waals surface area contributed by atoms with E-state index >= 15 is 0 Å². The number of benzene rings is 2. The summed E-state index contributed by atoms with van der Waals surface area (Å²) in [4.78, 5) is 10.7. The Hall–Kier alpha value is -2.54. The van der Waals surface area contributed by atoms with Crippen molar-refractivity contribution >= 4 is 21.7 Å². The second kappa shape index (κ2) is 7.14. The molecular weight excluding hydrogens is 342 g/mol. The number of ether oxygens (including phenoxy) is 1. The first-order chi connectivity index (χ1) is 11.6. The molecule has 0 aromatic heterocycles. The van der Waals surface area contributed by atoms with E-state index in [1.54, 1.807) is 13.8 Å². The molecule has 7 heteroatoms. The SMILES string of the molecule is Cc1cc(C)c(C)c(S(=O)(=O)Nc2ccc(OCC(=O)[O-])cc2)c1C. The largest absolute Gasteiger partial charge is 0.546 e. The molecule has 0 heterocycles. The van der Waals surface area contributed by atoms with Gasteiger partial charge in [0.15, 0.2) is 0 Å². The molecule has 0 saturated heterocycles. The lowest BCUT2D eigenvalue weighted by molar-refractivity contribution is -0.307. The molecule has 0 unspecified atom stereocenters. The third-order valence-electron chi connectivity index (χ3n) is 4.03. The van der Waals surface area contributed by atoms with E-state index in [1.807, 2.05) is 19.9 Å². The Morgan fingerprint density at radius 2 is 1.56 bits per heavy atom. The Kier molecular flexibility index (Phi) is 5.37. The van der Waals surface area contributed by atoms with Gasteiger partial charge in [0.25, 0.3) is 10.0 Å². The van der Waals surface area contributed by atoms with Crippen LogP contribution in [0.2, 0.25) is 0 Å². The van der Waals surface area contributed by atoms with Gasteiger partial charge in [0.2, 0.25) is 0 Å². The van der Waals surface area contributed by atoms with Gasteiger partial charge in [0, 0.05) is 5.69 Å². The van der Waals surface area contributed by atoms with Gasteiger partial charge in [0.1, 0.15) is 12.4 Å². The zero-order chi connectivity index (χ0) is 18.8. The molecule has 0 aliphatic carbocycles. The number of hydrogen-bond donors (Lipinski definition) is 1. The number of hydrogen-bond acceptors (Lipinski definition) is 5. The van der Waals surface area contributed by atoms with E-state index < -0.39 is 22.6 Å². The highest BCUT2D eigenvalue weighted by molar-refractivity contribution is 7.92. The van der Waals surface area contributed by atoms with Crippen molar-refractivity contribution in [3.63, 3.8) is 0 Å². The van der Waals surface area contributed by atoms with Crippen LogP contribution >= 0.6 is 0 Å². The summed E-state index contributed by atoms with van der Waals surface area (Å²) in [6.45, 7) is 6.76. The van der Waals surface area contributed by atoms with Gasteiger partial charge in [-0.1, -0.05) is 6.07 Å². The standard InChI is InChI=1S/C18H21NO5S/c1-11-9-12(2)14(4)18(13(11)3)25(22,23)19-15-5-7-16(8-6-15)24-10-17(20)21/h5-9,19H,10H2,1-4H3,(H,20,21)/p-1. The number of carboxylic acids is 1. The van der Waals surface area contributed by atoms with Crippen molar-refractivity contribution in [2.75, 3.05) is 11.3 Å². The fraction of sp³-hybridized carbons (Fsp3) is 0.278. The van der Waals surface area contributed by atoms with Gasteiger partial charge in [-0.15, -0.1) is 0 Å². The molecule has 0 saturated carbocycles. The van der Waals surface area contributed by atoms with Crippen molar-refractivity contribution in [1.29, 1.82) is 0 Å². The molecule has 2 aromatic carbocycles. The summed E-state index contributed by atoms with van der Waals surface area (Å²) in [7, 11) is -3.75. The van der Waals surface area contributed by atoms with E-state index in [4.69, 9.17) is 4.74 Å². The van der Waals surface area contributed by atoms with Crippen LogP contribution in [0.1, 0.15) is 22.3 Å². The van der Waals surface area contributed by atoms with Crippen LogP contribution in [0.5, 0.6) is 5.75 Å². The second-order valence-corrected chi connectivity index (χ2v) is 7.50. The van der Waals surface area contributed by atoms with E-state index in [1.165, 1.54) is 24.3 Å². The summed E-state index contributed by atoms with van der Waals surface area (Å²) in [6.07, 6.45) is 0. The third-order valence-corrected chi connectivity index (χ3v) is 5.68. The van der Waals surface area contributed by atoms with E-state index in [9.17, 15) is 18.3 Å². The molecule has 134 valence electrons. The summed E-state index contributed by atoms with van der Waals surface area (Å²) < 4.78 is 33.2. The zero-order valence-electron chi connectivity index (χ0n) is 14.5. The quantitative estimate of drug-likeness (QED) is 0.846. The Morgan fingerprint density at radius 3 is 2.04 bits per heavy atom. The van der Waals surface area contributed by atoms with Crippen LogP contribution in [0.15, 0.2) is 35.2 Å². The van der Waals surface area contributed by atoms with Crippen LogP contribution in [-0.2, 0) is 14.8 Å². The second-order valence-electron chi connectivity index (χ2n) is 5.88. The number of carbonyl (C=O) groups is 1. The number of nitrogens with one attached hydrogen (secondary N) is 1. The minimum absolute atomic E-state index is 0.280. The lowest BCUT2D eigenvalue weighted by atomic mass is 10.0. The molecule has 0 aliphatic rings. The third kappa shape index (κ3) is 4.30. The molecule has 0 bridgehead atoms. The van der Waals surface area contributed by atoms with Crippen LogP contribution in [0.25, 0.3) is 0 Å². The number of rotatable bonds is 6. The molecular formula is C18H20NO5S-. The van der Waals surface area contributed by atoms with Crippen molar-refractivity contribution in [3.05, 3.63) is 52.6 Å². The molecule has 2 aromatic rings. The number of aliphatic carboxylic acids is 1. The van der Waals surface area contributed by atoms with Gasteiger partial charge in [0.05, 0.1) is 10.9 Å². The average molecular weight is 362 g/mol. The average Bonchev–Trinajstić information content (AvgIpc) is 2.52. The first kappa shape index (κ1) is 18.8. The van der Waals surface area contributed by atoms with Gasteiger partial charge in [-0.3, -0.25) is 4.72 Å². The summed E-state index contributed by atoms with van der Waals surface area (Å²) in [5.74, 6) is -1.02. The topological polar surface area (TPSA) is 95.5 Å². The molecule has 0 atom stereocenters. The molecule has 6 nitrogen and oxygen atoms in total. The number of aryl methyl sites for hydroxylation is 2. The Labute approximate surface area is 147 Å².